The van der Waals surface area contributed by atoms with Crippen molar-refractivity contribution in [3.8, 4) is 5.75 Å². The number of hydrazone groups is 1. The molecule has 6 nitrogen and oxygen atoms in total. The van der Waals surface area contributed by atoms with Gasteiger partial charge in [0, 0.05) is 10.9 Å². The van der Waals surface area contributed by atoms with Crippen molar-refractivity contribution in [2.75, 3.05) is 0 Å². The van der Waals surface area contributed by atoms with Crippen molar-refractivity contribution in [3.63, 3.8) is 0 Å². The summed E-state index contributed by atoms with van der Waals surface area (Å²) in [7, 11) is 0. The lowest BCUT2D eigenvalue weighted by Crippen LogP contribution is -2.24. The quantitative estimate of drug-likeness (QED) is 0.230. The number of nitrogens with one attached hydrogen (secondary N) is 2. The Hall–Kier alpha value is -4.45. The van der Waals surface area contributed by atoms with Crippen molar-refractivity contribution < 1.29 is 14.3 Å². The minimum absolute atomic E-state index is 0.0602. The monoisotopic (exact) mass is 407 g/mol. The Morgan fingerprint density at radius 1 is 0.903 bits per heavy atom. The number of phenolic OH excluding ortho intramolecular Hbond substituents is 1. The number of rotatable bonds is 3. The first-order chi connectivity index (χ1) is 15.1. The zero-order valence-corrected chi connectivity index (χ0v) is 16.3. The van der Waals surface area contributed by atoms with E-state index in [0.717, 1.165) is 26.9 Å². The number of phenols is 1. The minimum Gasteiger partial charge on any atom is -0.507 e. The van der Waals surface area contributed by atoms with Crippen LogP contribution < -0.4 is 11.0 Å². The summed E-state index contributed by atoms with van der Waals surface area (Å²) in [6.07, 6.45) is 1.40. The van der Waals surface area contributed by atoms with E-state index in [9.17, 15) is 9.90 Å². The van der Waals surface area contributed by atoms with E-state index in [0.29, 0.717) is 11.1 Å². The Kier molecular flexibility index (Phi) is 4.45. The highest BCUT2D eigenvalue weighted by Crippen LogP contribution is 2.26. The van der Waals surface area contributed by atoms with Gasteiger partial charge in [0.15, 0.2) is 0 Å². The molecule has 0 bridgehead atoms. The molecule has 0 saturated heterocycles. The molecule has 0 radical (unpaired) electrons. The van der Waals surface area contributed by atoms with Gasteiger partial charge in [0.05, 0.1) is 6.21 Å². The molecular weight excluding hydrogens is 390 g/mol. The lowest BCUT2D eigenvalue weighted by molar-refractivity contribution is 0.0951. The zero-order valence-electron chi connectivity index (χ0n) is 16.3. The third-order valence-corrected chi connectivity index (χ3v) is 5.23. The van der Waals surface area contributed by atoms with Crippen LogP contribution >= 0.6 is 0 Å². The molecule has 0 aliphatic carbocycles. The van der Waals surface area contributed by atoms with Gasteiger partial charge in [-0.3, -0.25) is 10.2 Å². The first-order valence-corrected chi connectivity index (χ1v) is 9.66. The second kappa shape index (κ2) is 7.42. The van der Waals surface area contributed by atoms with Gasteiger partial charge in [-0.15, -0.1) is 0 Å². The Bertz CT molecular complexity index is 1570. The summed E-state index contributed by atoms with van der Waals surface area (Å²) in [4.78, 5) is 12.7. The SMILES string of the molecule is N=c1oc2ccc3ccccc3c2cc1C(=O)N/N=C/c1c(O)ccc2ccccc12. The molecule has 4 aromatic carbocycles. The molecule has 0 aliphatic rings. The Morgan fingerprint density at radius 3 is 2.39 bits per heavy atom. The second-order valence-corrected chi connectivity index (χ2v) is 7.11. The standard InChI is InChI=1S/C25H17N3O3/c26-24-20(13-19-17-7-3-1-6-16(17)10-12-23(19)31-24)25(30)28-27-14-21-18-8-4-2-5-15(18)9-11-22(21)29/h1-14,26,29H,(H,28,30)/b26-24?,27-14+. The number of aromatic hydroxyl groups is 1. The van der Waals surface area contributed by atoms with Crippen LogP contribution in [-0.4, -0.2) is 17.2 Å². The summed E-state index contributed by atoms with van der Waals surface area (Å²) in [6, 6.07) is 24.1. The van der Waals surface area contributed by atoms with Gasteiger partial charge in [-0.2, -0.15) is 5.10 Å². The molecular formula is C25H17N3O3. The summed E-state index contributed by atoms with van der Waals surface area (Å²) >= 11 is 0. The third kappa shape index (κ3) is 3.30. The average molecular weight is 407 g/mol. The fourth-order valence-corrected chi connectivity index (χ4v) is 3.69. The van der Waals surface area contributed by atoms with E-state index in [-0.39, 0.29) is 16.9 Å². The van der Waals surface area contributed by atoms with Gasteiger partial charge in [0.2, 0.25) is 5.55 Å². The molecule has 0 fully saturated rings. The van der Waals surface area contributed by atoms with Gasteiger partial charge >= 0.3 is 0 Å². The van der Waals surface area contributed by atoms with E-state index < -0.39 is 5.91 Å². The largest absolute Gasteiger partial charge is 0.507 e. The maximum absolute atomic E-state index is 12.7. The Labute approximate surface area is 176 Å². The van der Waals surface area contributed by atoms with Crippen molar-refractivity contribution >= 4 is 44.6 Å². The summed E-state index contributed by atoms with van der Waals surface area (Å²) in [5, 5.41) is 26.8. The maximum Gasteiger partial charge on any atom is 0.276 e. The highest BCUT2D eigenvalue weighted by Gasteiger charge is 2.13. The minimum atomic E-state index is -0.570. The first-order valence-electron chi connectivity index (χ1n) is 9.66. The molecule has 1 heterocycles. The lowest BCUT2D eigenvalue weighted by Gasteiger charge is -2.06. The smallest absolute Gasteiger partial charge is 0.276 e. The molecule has 0 atom stereocenters. The van der Waals surface area contributed by atoms with Crippen LogP contribution in [0.4, 0.5) is 0 Å². The third-order valence-electron chi connectivity index (χ3n) is 5.23. The highest BCUT2D eigenvalue weighted by molar-refractivity contribution is 6.08. The number of hydrogen-bond donors (Lipinski definition) is 3. The van der Waals surface area contributed by atoms with Gasteiger partial charge < -0.3 is 9.52 Å². The van der Waals surface area contributed by atoms with E-state index in [2.05, 4.69) is 10.5 Å². The predicted molar refractivity (Wildman–Crippen MR) is 120 cm³/mol. The van der Waals surface area contributed by atoms with Crippen molar-refractivity contribution in [3.05, 3.63) is 95.5 Å². The number of hydrogen-bond acceptors (Lipinski definition) is 5. The number of carbonyl (C=O) groups excluding carboxylic acids is 1. The van der Waals surface area contributed by atoms with Crippen molar-refractivity contribution in [2.45, 2.75) is 0 Å². The summed E-state index contributed by atoms with van der Waals surface area (Å²) < 4.78 is 5.58. The summed E-state index contributed by atoms with van der Waals surface area (Å²) in [6.45, 7) is 0. The number of fused-ring (bicyclic) bond motifs is 4. The predicted octanol–water partition coefficient (Wildman–Crippen LogP) is 4.69. The summed E-state index contributed by atoms with van der Waals surface area (Å²) in [5.74, 6) is -0.510. The molecule has 5 aromatic rings. The van der Waals surface area contributed by atoms with Gasteiger partial charge in [0.25, 0.3) is 5.91 Å². The van der Waals surface area contributed by atoms with E-state index >= 15 is 0 Å². The number of amides is 1. The van der Waals surface area contributed by atoms with Crippen molar-refractivity contribution in [2.24, 2.45) is 5.10 Å². The fourth-order valence-electron chi connectivity index (χ4n) is 3.69. The van der Waals surface area contributed by atoms with Crippen LogP contribution in [0.1, 0.15) is 15.9 Å². The molecule has 1 amide bonds. The molecule has 5 rings (SSSR count). The van der Waals surface area contributed by atoms with E-state index in [1.54, 1.807) is 18.2 Å². The maximum atomic E-state index is 12.7. The number of carbonyl (C=O) groups is 1. The second-order valence-electron chi connectivity index (χ2n) is 7.11. The molecule has 3 N–H and O–H groups in total. The average Bonchev–Trinajstić information content (AvgIpc) is 2.79. The number of nitrogens with zero attached hydrogens (tertiary/aromatic N) is 1. The molecule has 6 heteroatoms. The molecule has 0 aliphatic heterocycles. The van der Waals surface area contributed by atoms with E-state index in [1.807, 2.05) is 60.7 Å². The summed E-state index contributed by atoms with van der Waals surface area (Å²) in [5.41, 5.74) is 3.29. The Balaban J connectivity index is 1.50. The van der Waals surface area contributed by atoms with Gasteiger partial charge in [0.1, 0.15) is 16.9 Å². The van der Waals surface area contributed by atoms with E-state index in [1.165, 1.54) is 6.21 Å². The molecule has 31 heavy (non-hydrogen) atoms. The van der Waals surface area contributed by atoms with Crippen molar-refractivity contribution in [1.82, 2.24) is 5.43 Å². The molecule has 0 spiro atoms. The van der Waals surface area contributed by atoms with Crippen LogP contribution in [0.5, 0.6) is 5.75 Å². The van der Waals surface area contributed by atoms with Crippen molar-refractivity contribution in [1.29, 1.82) is 5.41 Å². The molecule has 150 valence electrons. The topological polar surface area (TPSA) is 98.7 Å². The van der Waals surface area contributed by atoms with Crippen LogP contribution in [-0.2, 0) is 0 Å². The van der Waals surface area contributed by atoms with Gasteiger partial charge in [-0.25, -0.2) is 5.43 Å². The van der Waals surface area contributed by atoms with Gasteiger partial charge in [-0.05, 0) is 39.7 Å². The fraction of sp³-hybridized carbons (Fsp3) is 0. The van der Waals surface area contributed by atoms with Crippen LogP contribution in [0.25, 0.3) is 32.5 Å². The van der Waals surface area contributed by atoms with Crippen LogP contribution in [0, 0.1) is 5.41 Å². The number of benzene rings is 4. The Morgan fingerprint density at radius 2 is 1.58 bits per heavy atom. The normalized spacial score (nSPS) is 11.5. The molecule has 1 aromatic heterocycles. The van der Waals surface area contributed by atoms with Crippen LogP contribution in [0.15, 0.2) is 88.4 Å². The lowest BCUT2D eigenvalue weighted by atomic mass is 10.0. The molecule has 0 saturated carbocycles. The van der Waals surface area contributed by atoms with E-state index in [4.69, 9.17) is 9.83 Å². The zero-order chi connectivity index (χ0) is 21.4. The highest BCUT2D eigenvalue weighted by atomic mass is 16.3. The first kappa shape index (κ1) is 18.6. The van der Waals surface area contributed by atoms with Gasteiger partial charge in [-0.1, -0.05) is 60.7 Å². The van der Waals surface area contributed by atoms with Crippen LogP contribution in [0.3, 0.4) is 0 Å². The molecule has 0 unspecified atom stereocenters. The van der Waals surface area contributed by atoms with Crippen LogP contribution in [0.2, 0.25) is 0 Å².